The van der Waals surface area contributed by atoms with Crippen LogP contribution in [0.1, 0.15) is 148 Å². The number of aromatic nitrogens is 6. The summed E-state index contributed by atoms with van der Waals surface area (Å²) < 4.78 is 86.2. The van der Waals surface area contributed by atoms with E-state index in [0.717, 1.165) is 27.8 Å². The maximum atomic E-state index is 14.4. The minimum absolute atomic E-state index is 0. The second-order valence-electron chi connectivity index (χ2n) is 26.7. The molecule has 109 heavy (non-hydrogen) atoms. The molecule has 0 aliphatic carbocycles. The number of esters is 2. The van der Waals surface area contributed by atoms with Crippen LogP contribution in [0.3, 0.4) is 0 Å². The predicted octanol–water partition coefficient (Wildman–Crippen LogP) is 12.5. The van der Waals surface area contributed by atoms with Gasteiger partial charge in [0.05, 0.1) is 52.7 Å². The molecular weight excluding hydrogens is 1430 g/mol. The highest BCUT2D eigenvalue weighted by atomic mass is 28.4. The van der Waals surface area contributed by atoms with Crippen LogP contribution >= 0.6 is 0 Å². The van der Waals surface area contributed by atoms with E-state index < -0.39 is 83.8 Å². The first-order valence-electron chi connectivity index (χ1n) is 34.8. The molecule has 3 aliphatic heterocycles. The molecule has 0 bridgehead atoms. The summed E-state index contributed by atoms with van der Waals surface area (Å²) in [4.78, 5) is 91.3. The van der Waals surface area contributed by atoms with Gasteiger partial charge in [-0.2, -0.15) is 0 Å². The van der Waals surface area contributed by atoms with E-state index in [-0.39, 0.29) is 138 Å². The van der Waals surface area contributed by atoms with Crippen molar-refractivity contribution in [1.82, 2.24) is 34.0 Å². The first-order chi connectivity index (χ1) is 50.8. The number of hydrogen-bond acceptors (Lipinski definition) is 20. The lowest BCUT2D eigenvalue weighted by Gasteiger charge is -2.43. The van der Waals surface area contributed by atoms with Gasteiger partial charge in [-0.3, -0.25) is 47.8 Å². The van der Waals surface area contributed by atoms with Gasteiger partial charge >= 0.3 is 11.9 Å². The Morgan fingerprint density at radius 1 is 0.523 bits per heavy atom. The van der Waals surface area contributed by atoms with Crippen molar-refractivity contribution in [3.63, 3.8) is 0 Å². The van der Waals surface area contributed by atoms with Gasteiger partial charge in [-0.15, -0.1) is 0 Å². The Morgan fingerprint density at radius 2 is 0.881 bits per heavy atom. The highest BCUT2D eigenvalue weighted by Crippen LogP contribution is 2.45. The number of aliphatic hydroxyl groups excluding tert-OH is 2. The van der Waals surface area contributed by atoms with Crippen molar-refractivity contribution >= 4 is 59.3 Å². The van der Waals surface area contributed by atoms with Crippen LogP contribution in [0.5, 0.6) is 34.5 Å². The van der Waals surface area contributed by atoms with E-state index in [2.05, 4.69) is 56.8 Å². The summed E-state index contributed by atoms with van der Waals surface area (Å²) in [6.07, 6.45) is 3.72. The molecule has 580 valence electrons. The lowest BCUT2D eigenvalue weighted by atomic mass is 10.0. The number of nitrogens with zero attached hydrogens (tertiary/aromatic N) is 6. The van der Waals surface area contributed by atoms with Crippen molar-refractivity contribution < 1.29 is 80.8 Å². The Hall–Kier alpha value is -10.9. The summed E-state index contributed by atoms with van der Waals surface area (Å²) in [7, 11) is -0.907. The molecule has 24 nitrogen and oxygen atoms in total. The third kappa shape index (κ3) is 17.0. The molecule has 0 spiro atoms. The molecule has 0 radical (unpaired) electrons. The van der Waals surface area contributed by atoms with Gasteiger partial charge in [0.1, 0.15) is 81.0 Å². The minimum atomic E-state index is -2.26. The normalized spacial score (nSPS) is 14.5. The van der Waals surface area contributed by atoms with E-state index in [1.807, 2.05) is 30.3 Å². The standard InChI is InChI=1S/C37H45FN2O6Si.C21H19FN2O6.C20H18FN3O5.3CH4/c1-8-43-37(42)31-35(44-21-27-12-10-9-11-13-27)32-33-34(28(19-39-32)18-26-14-16-29(38)17-15-26)46-30(20-40(33)36(31)41)22-45-47(23(2)3,24(4)5)25(6)7;1-2-29-21(28)15-18(26)16-17-19(30-14(10-25)9-24(17)20(15)27)12(8-23-16)7-11-3-5-13(22)6-4-11;1-22-19(27)14-17(26)15-16-18(29-13(9-25)8-24(16)20(14)28)11(7-23-15)6-10-2-4-12(21)5-3-10;;;/h9-17,19,23-25,30H,8,18,20-22H2,1-7H3;3-6,8,14,25-26H,2,7,9-10H2,1H3;2-5,7,13,25-26H,6,8-9H2,1H3,(H,22,27);3*1H4/t30-;14-;13-;;;/m111.../s1. The lowest BCUT2D eigenvalue weighted by molar-refractivity contribution is 0.0507. The molecule has 13 rings (SSSR count). The maximum Gasteiger partial charge on any atom is 0.347 e. The topological polar surface area (TPSA) is 313 Å². The quantitative estimate of drug-likeness (QED) is 0.0311. The molecule has 3 atom stereocenters. The largest absolute Gasteiger partial charge is 0.505 e. The van der Waals surface area contributed by atoms with Crippen molar-refractivity contribution in [2.24, 2.45) is 0 Å². The Bertz CT molecular complexity index is 5120. The molecule has 3 aliphatic rings. The SMILES string of the molecule is C.C.C.CCOC(=O)c1c(O)c2ncc(Cc3ccc(F)cc3)c3c2n(c1=O)C[C@H](CO)O3.CCOC(=O)c1c(OCc2ccccc2)c2ncc(Cc3ccc(F)cc3)c3c2n(c1=O)C[C@H](CO[Si](C(C)C)(C(C)C)C(C)C)O3.CNC(=O)c1c(O)c2ncc(Cc3ccc(F)cc3)c3c2n(c1=O)C[C@H](CO)O3. The fourth-order valence-corrected chi connectivity index (χ4v) is 19.6. The van der Waals surface area contributed by atoms with E-state index in [9.17, 15) is 62.4 Å². The zero-order valence-corrected chi connectivity index (χ0v) is 60.9. The molecule has 6 aromatic heterocycles. The van der Waals surface area contributed by atoms with Gasteiger partial charge in [-0.05, 0) is 89.1 Å². The lowest BCUT2D eigenvalue weighted by Crippen LogP contribution is -2.50. The van der Waals surface area contributed by atoms with Gasteiger partial charge in [0.15, 0.2) is 45.6 Å². The van der Waals surface area contributed by atoms with Crippen LogP contribution in [0.4, 0.5) is 13.2 Å². The Labute approximate surface area is 629 Å². The Kier molecular flexibility index (Phi) is 27.5. The molecule has 10 aromatic rings. The van der Waals surface area contributed by atoms with Crippen LogP contribution < -0.4 is 40.9 Å². The molecule has 28 heteroatoms. The van der Waals surface area contributed by atoms with Gasteiger partial charge in [0, 0.05) is 61.6 Å². The van der Waals surface area contributed by atoms with Crippen LogP contribution in [-0.4, -0.2) is 134 Å². The van der Waals surface area contributed by atoms with Gasteiger partial charge in [0.25, 0.3) is 22.6 Å². The molecular formula is C81H94F3N7O17Si. The fraction of sp³-hybridized carbons (Fsp3) is 0.370. The molecule has 9 heterocycles. The number of pyridine rings is 6. The Morgan fingerprint density at radius 3 is 1.28 bits per heavy atom. The van der Waals surface area contributed by atoms with E-state index in [4.69, 9.17) is 37.8 Å². The Balaban J connectivity index is 0.000000211. The number of aromatic hydroxyl groups is 2. The number of nitrogens with one attached hydrogen (secondary N) is 1. The van der Waals surface area contributed by atoms with Crippen molar-refractivity contribution in [2.45, 2.75) is 158 Å². The summed E-state index contributed by atoms with van der Waals surface area (Å²) >= 11 is 0. The molecule has 0 saturated carbocycles. The number of rotatable bonds is 22. The summed E-state index contributed by atoms with van der Waals surface area (Å²) in [5.41, 5.74) is 4.53. The number of ether oxygens (including phenoxy) is 6. The van der Waals surface area contributed by atoms with Gasteiger partial charge in [0.2, 0.25) is 8.32 Å². The third-order valence-electron chi connectivity index (χ3n) is 19.0. The number of hydrogen-bond donors (Lipinski definition) is 5. The zero-order valence-electron chi connectivity index (χ0n) is 59.9. The van der Waals surface area contributed by atoms with E-state index >= 15 is 0 Å². The van der Waals surface area contributed by atoms with Crippen molar-refractivity contribution in [1.29, 1.82) is 0 Å². The molecule has 5 N–H and O–H groups in total. The highest BCUT2D eigenvalue weighted by molar-refractivity contribution is 6.77. The first-order valence-corrected chi connectivity index (χ1v) is 36.9. The van der Waals surface area contributed by atoms with Crippen LogP contribution in [0.15, 0.2) is 136 Å². The monoisotopic (exact) mass is 1520 g/mol. The van der Waals surface area contributed by atoms with Crippen LogP contribution in [0.2, 0.25) is 16.6 Å². The van der Waals surface area contributed by atoms with Crippen molar-refractivity contribution in [3.05, 3.63) is 226 Å². The third-order valence-corrected chi connectivity index (χ3v) is 25.1. The highest BCUT2D eigenvalue weighted by Gasteiger charge is 2.46. The summed E-state index contributed by atoms with van der Waals surface area (Å²) in [6.45, 7) is 16.6. The van der Waals surface area contributed by atoms with E-state index in [1.54, 1.807) is 61.0 Å². The van der Waals surface area contributed by atoms with Crippen molar-refractivity contribution in [3.8, 4) is 34.5 Å². The molecule has 4 aromatic carbocycles. The fourth-order valence-electron chi connectivity index (χ4n) is 14.2. The second kappa shape index (κ2) is 35.8. The average Bonchev–Trinajstić information content (AvgIpc) is 0.739. The molecule has 1 amide bonds. The molecule has 0 unspecified atom stereocenters. The van der Waals surface area contributed by atoms with Gasteiger partial charge in [-0.25, -0.2) is 22.8 Å². The van der Waals surface area contributed by atoms with Crippen LogP contribution in [-0.2, 0) is 59.4 Å². The van der Waals surface area contributed by atoms with E-state index in [1.165, 1.54) is 65.0 Å². The molecule has 0 saturated heterocycles. The first kappa shape index (κ1) is 83.7. The number of halogens is 3. The van der Waals surface area contributed by atoms with E-state index in [0.29, 0.717) is 69.5 Å². The molecule has 0 fully saturated rings. The second-order valence-corrected chi connectivity index (χ2v) is 32.2. The number of amides is 1. The number of carbonyl (C=O) groups is 3. The van der Waals surface area contributed by atoms with Gasteiger partial charge in [-0.1, -0.05) is 131 Å². The maximum absolute atomic E-state index is 14.4. The predicted molar refractivity (Wildman–Crippen MR) is 410 cm³/mol. The zero-order chi connectivity index (χ0) is 76.0. The van der Waals surface area contributed by atoms with Gasteiger partial charge < -0.3 is 58.6 Å². The van der Waals surface area contributed by atoms with Crippen molar-refractivity contribution in [2.75, 3.05) is 40.1 Å². The number of benzene rings is 4. The summed E-state index contributed by atoms with van der Waals surface area (Å²) in [6, 6.07) is 27.6. The average molecular weight is 1520 g/mol. The van der Waals surface area contributed by atoms with Crippen LogP contribution in [0, 0.1) is 17.5 Å². The smallest absolute Gasteiger partial charge is 0.347 e. The number of aliphatic hydroxyl groups is 2. The number of carbonyl (C=O) groups excluding carboxylic acids is 3. The summed E-state index contributed by atoms with van der Waals surface area (Å²) in [5.74, 6) is -3.50. The van der Waals surface area contributed by atoms with Crippen LogP contribution in [0.25, 0.3) is 33.1 Å². The minimum Gasteiger partial charge on any atom is -0.505 e. The summed E-state index contributed by atoms with van der Waals surface area (Å²) in [5, 5.41) is 42.8.